The average molecular weight is 291 g/mol. The number of fused-ring (bicyclic) bond motifs is 4. The third kappa shape index (κ3) is 2.27. The van der Waals surface area contributed by atoms with E-state index in [0.29, 0.717) is 29.8 Å². The summed E-state index contributed by atoms with van der Waals surface area (Å²) < 4.78 is 0. The maximum Gasteiger partial charge on any atom is 0.303 e. The number of carboxylic acid groups (broad SMARTS) is 1. The molecule has 0 radical (unpaired) electrons. The third-order valence-corrected chi connectivity index (χ3v) is 6.60. The van der Waals surface area contributed by atoms with Gasteiger partial charge in [-0.1, -0.05) is 6.42 Å². The molecule has 21 heavy (non-hydrogen) atoms. The lowest BCUT2D eigenvalue weighted by Gasteiger charge is -2.41. The molecule has 5 atom stereocenters. The fraction of sp³-hybridized carbons (Fsp3) is 0.882. The van der Waals surface area contributed by atoms with Crippen LogP contribution in [0.15, 0.2) is 0 Å². The minimum absolute atomic E-state index is 0.281. The minimum Gasteiger partial charge on any atom is -0.481 e. The first-order valence-corrected chi connectivity index (χ1v) is 8.65. The Labute approximate surface area is 125 Å². The van der Waals surface area contributed by atoms with Crippen LogP contribution in [0, 0.1) is 23.7 Å². The van der Waals surface area contributed by atoms with Crippen molar-refractivity contribution in [3.05, 3.63) is 0 Å². The first-order chi connectivity index (χ1) is 10.1. The van der Waals surface area contributed by atoms with E-state index in [1.165, 1.54) is 19.3 Å². The van der Waals surface area contributed by atoms with Crippen LogP contribution >= 0.6 is 0 Å². The van der Waals surface area contributed by atoms with Gasteiger partial charge in [0, 0.05) is 24.4 Å². The summed E-state index contributed by atoms with van der Waals surface area (Å²) >= 11 is 0. The lowest BCUT2D eigenvalue weighted by molar-refractivity contribution is -0.143. The summed E-state index contributed by atoms with van der Waals surface area (Å²) in [6.07, 6.45) is 9.28. The molecule has 0 spiro atoms. The second-order valence-electron chi connectivity index (χ2n) is 7.85. The highest BCUT2D eigenvalue weighted by molar-refractivity contribution is 5.81. The number of amides is 1. The van der Waals surface area contributed by atoms with Gasteiger partial charge in [0.2, 0.25) is 5.91 Å². The average Bonchev–Trinajstić information content (AvgIpc) is 3.11. The number of carbonyl (C=O) groups is 2. The first kappa shape index (κ1) is 13.6. The molecule has 2 saturated carbocycles. The molecule has 2 heterocycles. The van der Waals surface area contributed by atoms with Crippen molar-refractivity contribution in [3.63, 3.8) is 0 Å². The van der Waals surface area contributed by atoms with Crippen molar-refractivity contribution < 1.29 is 14.7 Å². The number of hydrogen-bond donors (Lipinski definition) is 1. The molecule has 0 aromatic carbocycles. The van der Waals surface area contributed by atoms with Gasteiger partial charge in [0.05, 0.1) is 0 Å². The Hall–Kier alpha value is -1.06. The van der Waals surface area contributed by atoms with Gasteiger partial charge in [0.15, 0.2) is 0 Å². The van der Waals surface area contributed by atoms with E-state index in [2.05, 4.69) is 4.90 Å². The lowest BCUT2D eigenvalue weighted by Crippen LogP contribution is -2.49. The van der Waals surface area contributed by atoms with Crippen molar-refractivity contribution in [1.82, 2.24) is 4.90 Å². The summed E-state index contributed by atoms with van der Waals surface area (Å²) in [5, 5.41) is 9.00. The molecule has 4 fully saturated rings. The third-order valence-electron chi connectivity index (χ3n) is 6.60. The molecule has 4 nitrogen and oxygen atoms in total. The van der Waals surface area contributed by atoms with Crippen molar-refractivity contribution in [2.45, 2.75) is 69.9 Å². The summed E-state index contributed by atoms with van der Waals surface area (Å²) in [7, 11) is 0. The van der Waals surface area contributed by atoms with E-state index >= 15 is 0 Å². The molecule has 1 N–H and O–H groups in total. The summed E-state index contributed by atoms with van der Waals surface area (Å²) in [6, 6.07) is 0.666. The predicted molar refractivity (Wildman–Crippen MR) is 77.6 cm³/mol. The topological polar surface area (TPSA) is 57.6 Å². The van der Waals surface area contributed by atoms with Gasteiger partial charge in [-0.3, -0.25) is 9.59 Å². The number of aliphatic carboxylic acids is 1. The Morgan fingerprint density at radius 1 is 0.952 bits per heavy atom. The highest BCUT2D eigenvalue weighted by Gasteiger charge is 2.50. The summed E-state index contributed by atoms with van der Waals surface area (Å²) in [4.78, 5) is 26.1. The number of piperidine rings is 1. The Morgan fingerprint density at radius 2 is 1.67 bits per heavy atom. The summed E-state index contributed by atoms with van der Waals surface area (Å²) in [5.41, 5.74) is 0. The molecule has 0 aromatic rings. The van der Waals surface area contributed by atoms with Gasteiger partial charge in [0.25, 0.3) is 0 Å². The molecule has 1 amide bonds. The smallest absolute Gasteiger partial charge is 0.303 e. The standard InChI is InChI=1S/C17H25NO3/c19-16(20)9-11-6-13-3-4-14(7-11)18(13)17(21)15-8-10-1-2-12(15)5-10/h10-15H,1-9H2,(H,19,20). The number of rotatable bonds is 3. The zero-order chi connectivity index (χ0) is 14.6. The second kappa shape index (κ2) is 4.99. The van der Waals surface area contributed by atoms with E-state index in [9.17, 15) is 9.59 Å². The van der Waals surface area contributed by atoms with Crippen molar-refractivity contribution in [2.75, 3.05) is 0 Å². The van der Waals surface area contributed by atoms with Crippen LogP contribution in [0.1, 0.15) is 57.8 Å². The Morgan fingerprint density at radius 3 is 2.19 bits per heavy atom. The van der Waals surface area contributed by atoms with Crippen molar-refractivity contribution in [3.8, 4) is 0 Å². The Kier molecular flexibility index (Phi) is 3.23. The van der Waals surface area contributed by atoms with E-state index in [4.69, 9.17) is 5.11 Å². The fourth-order valence-corrected chi connectivity index (χ4v) is 5.80. The molecule has 0 aromatic heterocycles. The monoisotopic (exact) mass is 291 g/mol. The number of hydrogen-bond acceptors (Lipinski definition) is 2. The molecular weight excluding hydrogens is 266 g/mol. The van der Waals surface area contributed by atoms with Gasteiger partial charge in [-0.15, -0.1) is 0 Å². The molecule has 4 rings (SSSR count). The van der Waals surface area contributed by atoms with Crippen LogP contribution in [-0.2, 0) is 9.59 Å². The predicted octanol–water partition coefficient (Wildman–Crippen LogP) is 2.67. The van der Waals surface area contributed by atoms with E-state index in [1.807, 2.05) is 0 Å². The van der Waals surface area contributed by atoms with Crippen LogP contribution in [0.3, 0.4) is 0 Å². The van der Waals surface area contributed by atoms with E-state index < -0.39 is 5.97 Å². The molecule has 4 heteroatoms. The summed E-state index contributed by atoms with van der Waals surface area (Å²) in [6.45, 7) is 0. The fourth-order valence-electron chi connectivity index (χ4n) is 5.80. The van der Waals surface area contributed by atoms with Gasteiger partial charge in [-0.2, -0.15) is 0 Å². The van der Waals surface area contributed by atoms with Gasteiger partial charge < -0.3 is 10.0 Å². The van der Waals surface area contributed by atoms with Gasteiger partial charge >= 0.3 is 5.97 Å². The molecule has 2 aliphatic carbocycles. The highest BCUT2D eigenvalue weighted by Crippen LogP contribution is 2.50. The van der Waals surface area contributed by atoms with Crippen LogP contribution in [0.2, 0.25) is 0 Å². The van der Waals surface area contributed by atoms with Crippen LogP contribution in [0.4, 0.5) is 0 Å². The van der Waals surface area contributed by atoms with Crippen molar-refractivity contribution in [1.29, 1.82) is 0 Å². The van der Waals surface area contributed by atoms with Gasteiger partial charge in [-0.05, 0) is 62.7 Å². The maximum atomic E-state index is 13.0. The largest absolute Gasteiger partial charge is 0.481 e. The molecule has 5 unspecified atom stereocenters. The van der Waals surface area contributed by atoms with Gasteiger partial charge in [-0.25, -0.2) is 0 Å². The quantitative estimate of drug-likeness (QED) is 0.869. The molecule has 4 bridgehead atoms. The summed E-state index contributed by atoms with van der Waals surface area (Å²) in [5.74, 6) is 1.77. The Bertz CT molecular complexity index is 449. The number of carboxylic acids is 1. The van der Waals surface area contributed by atoms with E-state index in [0.717, 1.165) is 38.0 Å². The van der Waals surface area contributed by atoms with Crippen LogP contribution in [-0.4, -0.2) is 34.0 Å². The number of carbonyl (C=O) groups excluding carboxylic acids is 1. The normalized spacial score (nSPS) is 44.3. The lowest BCUT2D eigenvalue weighted by atomic mass is 9.84. The molecule has 4 aliphatic rings. The SMILES string of the molecule is O=C(O)CC1CC2CCC(C1)N2C(=O)C1CC2CCC1C2. The highest BCUT2D eigenvalue weighted by atomic mass is 16.4. The first-order valence-electron chi connectivity index (χ1n) is 8.65. The van der Waals surface area contributed by atoms with E-state index in [-0.39, 0.29) is 12.3 Å². The zero-order valence-electron chi connectivity index (χ0n) is 12.5. The molecule has 116 valence electrons. The second-order valence-corrected chi connectivity index (χ2v) is 7.85. The van der Waals surface area contributed by atoms with Crippen LogP contribution in [0.25, 0.3) is 0 Å². The van der Waals surface area contributed by atoms with Gasteiger partial charge in [0.1, 0.15) is 0 Å². The molecular formula is C17H25NO3. The number of nitrogens with zero attached hydrogens (tertiary/aromatic N) is 1. The van der Waals surface area contributed by atoms with Crippen LogP contribution < -0.4 is 0 Å². The maximum absolute atomic E-state index is 13.0. The Balaban J connectivity index is 1.45. The molecule has 2 saturated heterocycles. The van der Waals surface area contributed by atoms with Crippen molar-refractivity contribution in [2.24, 2.45) is 23.7 Å². The molecule has 2 aliphatic heterocycles. The van der Waals surface area contributed by atoms with Crippen LogP contribution in [0.5, 0.6) is 0 Å². The zero-order valence-corrected chi connectivity index (χ0v) is 12.5. The minimum atomic E-state index is -0.688. The van der Waals surface area contributed by atoms with E-state index in [1.54, 1.807) is 0 Å². The van der Waals surface area contributed by atoms with Crippen molar-refractivity contribution >= 4 is 11.9 Å².